The fourth-order valence-electron chi connectivity index (χ4n) is 2.80. The van der Waals surface area contributed by atoms with E-state index in [1.807, 2.05) is 31.6 Å². The molecule has 0 amide bonds. The first-order valence-electron chi connectivity index (χ1n) is 8.11. The van der Waals surface area contributed by atoms with E-state index in [2.05, 4.69) is 33.5 Å². The Morgan fingerprint density at radius 1 is 0.846 bits per heavy atom. The van der Waals surface area contributed by atoms with Crippen molar-refractivity contribution in [2.24, 2.45) is 0 Å². The molecule has 26 heavy (non-hydrogen) atoms. The van der Waals surface area contributed by atoms with Gasteiger partial charge in [0.2, 0.25) is 5.75 Å². The highest BCUT2D eigenvalue weighted by Gasteiger charge is 2.17. The number of hydrogen-bond acceptors (Lipinski definition) is 6. The summed E-state index contributed by atoms with van der Waals surface area (Å²) in [5, 5.41) is 2.04. The van der Waals surface area contributed by atoms with Gasteiger partial charge >= 0.3 is 0 Å². The Hall–Kier alpha value is -2.73. The van der Waals surface area contributed by atoms with Crippen LogP contribution < -0.4 is 19.1 Å². The number of methoxy groups -OCH3 is 3. The van der Waals surface area contributed by atoms with Crippen molar-refractivity contribution >= 4 is 17.2 Å². The van der Waals surface area contributed by atoms with Gasteiger partial charge in [0.25, 0.3) is 0 Å². The van der Waals surface area contributed by atoms with E-state index in [-0.39, 0.29) is 0 Å². The molecule has 0 aliphatic heterocycles. The number of anilines is 1. The van der Waals surface area contributed by atoms with Crippen molar-refractivity contribution < 1.29 is 14.2 Å². The molecule has 0 N–H and O–H groups in total. The molecule has 0 spiro atoms. The molecule has 0 radical (unpaired) electrons. The van der Waals surface area contributed by atoms with Gasteiger partial charge < -0.3 is 19.1 Å². The van der Waals surface area contributed by atoms with E-state index in [0.717, 1.165) is 28.1 Å². The van der Waals surface area contributed by atoms with E-state index in [1.54, 1.807) is 21.3 Å². The first kappa shape index (κ1) is 18.1. The van der Waals surface area contributed by atoms with Crippen LogP contribution in [0.5, 0.6) is 17.2 Å². The second-order valence-corrected chi connectivity index (χ2v) is 6.56. The smallest absolute Gasteiger partial charge is 0.203 e. The molecule has 0 aliphatic rings. The molecular formula is C20H22N2O3S. The quantitative estimate of drug-likeness (QED) is 0.636. The van der Waals surface area contributed by atoms with Gasteiger partial charge in [0.05, 0.1) is 27.0 Å². The highest BCUT2D eigenvalue weighted by Crippen LogP contribution is 2.43. The van der Waals surface area contributed by atoms with Gasteiger partial charge in [-0.3, -0.25) is 0 Å². The second kappa shape index (κ2) is 7.66. The van der Waals surface area contributed by atoms with Crippen LogP contribution in [0.4, 0.5) is 5.69 Å². The van der Waals surface area contributed by atoms with Gasteiger partial charge in [-0.1, -0.05) is 12.1 Å². The third-order valence-electron chi connectivity index (χ3n) is 4.20. The van der Waals surface area contributed by atoms with Crippen LogP contribution in [-0.4, -0.2) is 39.8 Å². The summed E-state index contributed by atoms with van der Waals surface area (Å²) >= 11 is 1.43. The average molecular weight is 370 g/mol. The van der Waals surface area contributed by atoms with E-state index in [4.69, 9.17) is 14.2 Å². The maximum Gasteiger partial charge on any atom is 0.203 e. The molecule has 0 bridgehead atoms. The third-order valence-corrected chi connectivity index (χ3v) is 4.83. The van der Waals surface area contributed by atoms with Crippen molar-refractivity contribution in [3.8, 4) is 39.6 Å². The molecule has 3 rings (SSSR count). The average Bonchev–Trinajstić information content (AvgIpc) is 3.16. The summed E-state index contributed by atoms with van der Waals surface area (Å²) in [6.45, 7) is 0. The van der Waals surface area contributed by atoms with Crippen LogP contribution in [0.25, 0.3) is 22.4 Å². The molecule has 0 atom stereocenters. The largest absolute Gasteiger partial charge is 0.493 e. The molecule has 0 fully saturated rings. The Morgan fingerprint density at radius 3 is 1.96 bits per heavy atom. The van der Waals surface area contributed by atoms with Crippen molar-refractivity contribution in [1.82, 2.24) is 4.37 Å². The van der Waals surface area contributed by atoms with Gasteiger partial charge in [0.15, 0.2) is 11.5 Å². The van der Waals surface area contributed by atoms with Crippen molar-refractivity contribution in [2.45, 2.75) is 0 Å². The summed E-state index contributed by atoms with van der Waals surface area (Å²) in [6.07, 6.45) is 0. The summed E-state index contributed by atoms with van der Waals surface area (Å²) in [5.74, 6) is 1.84. The molecule has 1 heterocycles. The standard InChI is InChI=1S/C20H22N2O3S/c1-22(2)15-8-6-13(7-9-15)19-16(12-26-21-19)14-10-17(23-3)20(25-5)18(11-14)24-4/h6-12H,1-5H3. The number of rotatable bonds is 6. The maximum atomic E-state index is 5.48. The van der Waals surface area contributed by atoms with Crippen molar-refractivity contribution in [3.05, 3.63) is 41.8 Å². The van der Waals surface area contributed by atoms with Crippen molar-refractivity contribution in [1.29, 1.82) is 0 Å². The number of ether oxygens (including phenoxy) is 3. The van der Waals surface area contributed by atoms with Crippen molar-refractivity contribution in [2.75, 3.05) is 40.3 Å². The summed E-state index contributed by atoms with van der Waals surface area (Å²) in [5.41, 5.74) is 5.17. The highest BCUT2D eigenvalue weighted by molar-refractivity contribution is 7.04. The third kappa shape index (κ3) is 3.32. The summed E-state index contributed by atoms with van der Waals surface area (Å²) in [6, 6.07) is 12.3. The summed E-state index contributed by atoms with van der Waals surface area (Å²) in [4.78, 5) is 2.07. The van der Waals surface area contributed by atoms with Gasteiger partial charge in [-0.25, -0.2) is 0 Å². The van der Waals surface area contributed by atoms with Crippen LogP contribution in [0, 0.1) is 0 Å². The van der Waals surface area contributed by atoms with E-state index in [0.29, 0.717) is 17.2 Å². The number of nitrogens with zero attached hydrogens (tertiary/aromatic N) is 2. The van der Waals surface area contributed by atoms with Crippen molar-refractivity contribution in [3.63, 3.8) is 0 Å². The number of hydrogen-bond donors (Lipinski definition) is 0. The SMILES string of the molecule is COc1cc(-c2csnc2-c2ccc(N(C)C)cc2)cc(OC)c1OC. The van der Waals surface area contributed by atoms with E-state index < -0.39 is 0 Å². The lowest BCUT2D eigenvalue weighted by atomic mass is 10.0. The predicted molar refractivity (Wildman–Crippen MR) is 107 cm³/mol. The molecule has 0 saturated carbocycles. The lowest BCUT2D eigenvalue weighted by Gasteiger charge is -2.15. The number of benzene rings is 2. The zero-order valence-corrected chi connectivity index (χ0v) is 16.4. The molecule has 0 aliphatic carbocycles. The molecule has 0 unspecified atom stereocenters. The van der Waals surface area contributed by atoms with Gasteiger partial charge in [-0.2, -0.15) is 4.37 Å². The Labute approximate surface area is 157 Å². The lowest BCUT2D eigenvalue weighted by molar-refractivity contribution is 0.324. The monoisotopic (exact) mass is 370 g/mol. The van der Waals surface area contributed by atoms with E-state index in [9.17, 15) is 0 Å². The Kier molecular flexibility index (Phi) is 5.32. The van der Waals surface area contributed by atoms with E-state index in [1.165, 1.54) is 11.5 Å². The topological polar surface area (TPSA) is 43.8 Å². The van der Waals surface area contributed by atoms with Gasteiger partial charge in [-0.05, 0) is 41.4 Å². The summed E-state index contributed by atoms with van der Waals surface area (Å²) in [7, 11) is 8.89. The second-order valence-electron chi connectivity index (χ2n) is 5.93. The van der Waals surface area contributed by atoms with Gasteiger partial charge in [0, 0.05) is 36.3 Å². The molecule has 136 valence electrons. The minimum absolute atomic E-state index is 0.582. The van der Waals surface area contributed by atoms with Crippen LogP contribution >= 0.6 is 11.5 Å². The van der Waals surface area contributed by atoms with Crippen LogP contribution in [0.15, 0.2) is 41.8 Å². The first-order chi connectivity index (χ1) is 12.6. The molecule has 0 saturated heterocycles. The fraction of sp³-hybridized carbons (Fsp3) is 0.250. The van der Waals surface area contributed by atoms with E-state index >= 15 is 0 Å². The number of aromatic nitrogens is 1. The van der Waals surface area contributed by atoms with Crippen LogP contribution in [0.1, 0.15) is 0 Å². The minimum Gasteiger partial charge on any atom is -0.493 e. The van der Waals surface area contributed by atoms with Crippen LogP contribution in [-0.2, 0) is 0 Å². The zero-order valence-electron chi connectivity index (χ0n) is 15.6. The molecule has 1 aromatic heterocycles. The zero-order chi connectivity index (χ0) is 18.7. The van der Waals surface area contributed by atoms with Crippen LogP contribution in [0.3, 0.4) is 0 Å². The Morgan fingerprint density at radius 2 is 1.46 bits per heavy atom. The normalized spacial score (nSPS) is 10.5. The molecule has 6 heteroatoms. The molecule has 3 aromatic rings. The lowest BCUT2D eigenvalue weighted by Crippen LogP contribution is -2.07. The molecular weight excluding hydrogens is 348 g/mol. The maximum absolute atomic E-state index is 5.48. The van der Waals surface area contributed by atoms with Gasteiger partial charge in [0.1, 0.15) is 0 Å². The Bertz CT molecular complexity index is 863. The predicted octanol–water partition coefficient (Wildman–Crippen LogP) is 4.57. The molecule has 5 nitrogen and oxygen atoms in total. The van der Waals surface area contributed by atoms with Crippen LogP contribution in [0.2, 0.25) is 0 Å². The fourth-order valence-corrected chi connectivity index (χ4v) is 3.52. The Balaban J connectivity index is 2.08. The first-order valence-corrected chi connectivity index (χ1v) is 8.95. The minimum atomic E-state index is 0.582. The molecule has 2 aromatic carbocycles. The van der Waals surface area contributed by atoms with Gasteiger partial charge in [-0.15, -0.1) is 0 Å². The highest BCUT2D eigenvalue weighted by atomic mass is 32.1. The summed E-state index contributed by atoms with van der Waals surface area (Å²) < 4.78 is 21.0.